The molecule has 1 unspecified atom stereocenters. The van der Waals surface area contributed by atoms with Gasteiger partial charge < -0.3 is 20.3 Å². The van der Waals surface area contributed by atoms with Crippen LogP contribution in [0.5, 0.6) is 0 Å². The summed E-state index contributed by atoms with van der Waals surface area (Å²) >= 11 is 0. The number of likely N-dealkylation sites (tertiary alicyclic amines) is 1. The monoisotopic (exact) mass is 483 g/mol. The van der Waals surface area contributed by atoms with E-state index >= 15 is 0 Å². The summed E-state index contributed by atoms with van der Waals surface area (Å²) in [5.74, 6) is 0. The van der Waals surface area contributed by atoms with Crippen molar-refractivity contribution in [1.29, 1.82) is 0 Å². The third-order valence-electron chi connectivity index (χ3n) is 6.27. The Balaban J connectivity index is 1.42. The number of carbonyl (C=O) groups is 1. The number of hydrogen-bond donors (Lipinski definition) is 1. The van der Waals surface area contributed by atoms with E-state index in [-0.39, 0.29) is 12.1 Å². The zero-order chi connectivity index (χ0) is 25.5. The van der Waals surface area contributed by atoms with Crippen LogP contribution in [0.4, 0.5) is 16.2 Å². The van der Waals surface area contributed by atoms with Crippen LogP contribution in [0.3, 0.4) is 0 Å². The summed E-state index contributed by atoms with van der Waals surface area (Å²) in [6.07, 6.45) is 5.97. The lowest BCUT2D eigenvalue weighted by Gasteiger charge is -2.27. The Labute approximate surface area is 215 Å². The van der Waals surface area contributed by atoms with E-state index < -0.39 is 5.60 Å². The van der Waals surface area contributed by atoms with Crippen molar-refractivity contribution in [2.75, 3.05) is 17.2 Å². The van der Waals surface area contributed by atoms with Crippen LogP contribution in [0.1, 0.15) is 50.3 Å². The summed E-state index contributed by atoms with van der Waals surface area (Å²) in [5, 5.41) is 0. The summed E-state index contributed by atoms with van der Waals surface area (Å²) in [6, 6.07) is 27.3. The highest BCUT2D eigenvalue weighted by Gasteiger charge is 2.30. The van der Waals surface area contributed by atoms with E-state index in [9.17, 15) is 4.79 Å². The first-order chi connectivity index (χ1) is 17.3. The van der Waals surface area contributed by atoms with Gasteiger partial charge in [-0.05, 0) is 74.6 Å². The normalized spacial score (nSPS) is 15.9. The van der Waals surface area contributed by atoms with Crippen molar-refractivity contribution < 1.29 is 9.53 Å². The molecule has 0 radical (unpaired) electrons. The molecule has 5 heteroatoms. The van der Waals surface area contributed by atoms with Crippen molar-refractivity contribution in [2.24, 2.45) is 0 Å². The zero-order valence-electron chi connectivity index (χ0n) is 21.6. The summed E-state index contributed by atoms with van der Waals surface area (Å²) in [5.41, 5.74) is 10.9. The summed E-state index contributed by atoms with van der Waals surface area (Å²) in [4.78, 5) is 16.8. The summed E-state index contributed by atoms with van der Waals surface area (Å²) in [6.45, 7) is 8.06. The lowest BCUT2D eigenvalue weighted by molar-refractivity contribution is 0.0256. The van der Waals surface area contributed by atoms with E-state index in [1.807, 2.05) is 43.9 Å². The Bertz CT molecular complexity index is 1150. The van der Waals surface area contributed by atoms with E-state index in [4.69, 9.17) is 10.5 Å². The highest BCUT2D eigenvalue weighted by molar-refractivity contribution is 5.69. The average molecular weight is 484 g/mol. The second-order valence-electron chi connectivity index (χ2n) is 10.4. The van der Waals surface area contributed by atoms with Crippen LogP contribution in [0.25, 0.3) is 6.08 Å². The van der Waals surface area contributed by atoms with Gasteiger partial charge in [-0.25, -0.2) is 4.79 Å². The van der Waals surface area contributed by atoms with Gasteiger partial charge >= 0.3 is 6.09 Å². The van der Waals surface area contributed by atoms with Crippen molar-refractivity contribution in [3.05, 3.63) is 102 Å². The quantitative estimate of drug-likeness (QED) is 0.372. The number of benzene rings is 3. The number of rotatable bonds is 7. The highest BCUT2D eigenvalue weighted by atomic mass is 16.6. The molecule has 0 aliphatic carbocycles. The molecule has 5 nitrogen and oxygen atoms in total. The third kappa shape index (κ3) is 7.14. The molecule has 1 fully saturated rings. The van der Waals surface area contributed by atoms with E-state index in [0.29, 0.717) is 0 Å². The summed E-state index contributed by atoms with van der Waals surface area (Å²) < 4.78 is 5.58. The number of ether oxygens (including phenoxy) is 1. The number of anilines is 2. The zero-order valence-corrected chi connectivity index (χ0v) is 21.6. The molecule has 1 aliphatic rings. The molecule has 1 amide bonds. The van der Waals surface area contributed by atoms with Crippen molar-refractivity contribution >= 4 is 23.5 Å². The first kappa shape index (κ1) is 25.4. The molecule has 0 saturated carbocycles. The Morgan fingerprint density at radius 3 is 2.19 bits per heavy atom. The van der Waals surface area contributed by atoms with E-state index in [1.165, 1.54) is 16.8 Å². The maximum Gasteiger partial charge on any atom is 0.410 e. The fourth-order valence-electron chi connectivity index (χ4n) is 4.44. The van der Waals surface area contributed by atoms with Gasteiger partial charge in [0.15, 0.2) is 0 Å². The van der Waals surface area contributed by atoms with Crippen LogP contribution >= 0.6 is 0 Å². The number of carbonyl (C=O) groups excluding carboxylic acids is 1. The van der Waals surface area contributed by atoms with Gasteiger partial charge in [-0.15, -0.1) is 0 Å². The number of para-hydroxylation sites is 1. The lowest BCUT2D eigenvalue weighted by Crippen LogP contribution is -2.39. The van der Waals surface area contributed by atoms with Crippen LogP contribution in [-0.4, -0.2) is 29.2 Å². The molecule has 0 aromatic heterocycles. The Morgan fingerprint density at radius 1 is 0.972 bits per heavy atom. The maximum absolute atomic E-state index is 12.6. The maximum atomic E-state index is 12.6. The van der Waals surface area contributed by atoms with Crippen molar-refractivity contribution in [3.63, 3.8) is 0 Å². The van der Waals surface area contributed by atoms with Crippen molar-refractivity contribution in [3.8, 4) is 0 Å². The van der Waals surface area contributed by atoms with Crippen LogP contribution in [-0.2, 0) is 17.8 Å². The second kappa shape index (κ2) is 11.3. The molecule has 1 aliphatic heterocycles. The molecule has 36 heavy (non-hydrogen) atoms. The van der Waals surface area contributed by atoms with E-state index in [1.54, 1.807) is 0 Å². The number of nitrogens with zero attached hydrogens (tertiary/aromatic N) is 2. The lowest BCUT2D eigenvalue weighted by atomic mass is 10.1. The largest absolute Gasteiger partial charge is 0.444 e. The molecule has 0 bridgehead atoms. The minimum absolute atomic E-state index is 0.0769. The van der Waals surface area contributed by atoms with Gasteiger partial charge in [0.05, 0.1) is 6.04 Å². The third-order valence-corrected chi connectivity index (χ3v) is 6.27. The smallest absolute Gasteiger partial charge is 0.410 e. The fourth-order valence-corrected chi connectivity index (χ4v) is 4.44. The first-order valence-electron chi connectivity index (χ1n) is 12.7. The van der Waals surface area contributed by atoms with Crippen LogP contribution in [0, 0.1) is 0 Å². The molecule has 0 spiro atoms. The number of hydrogen-bond acceptors (Lipinski definition) is 4. The fraction of sp³-hybridized carbons (Fsp3) is 0.323. The highest BCUT2D eigenvalue weighted by Crippen LogP contribution is 2.24. The minimum atomic E-state index is -0.481. The Hall–Kier alpha value is -3.73. The second-order valence-corrected chi connectivity index (χ2v) is 10.4. The molecular formula is C31H37N3O2. The molecule has 2 N–H and O–H groups in total. The Kier molecular flexibility index (Phi) is 7.99. The molecular weight excluding hydrogens is 446 g/mol. The Morgan fingerprint density at radius 2 is 1.58 bits per heavy atom. The molecule has 3 aromatic carbocycles. The first-order valence-corrected chi connectivity index (χ1v) is 12.7. The standard InChI is InChI=1S/C31H37N3O2/c1-31(2,3)36-30(35)34-21-7-10-29(34)20-17-24-11-13-25(14-12-24)22-33(28-8-5-4-6-9-28)23-26-15-18-27(32)19-16-26/h4-6,8-9,11-20,29H,7,10,21-23,32H2,1-3H3/b20-17+. The van der Waals surface area contributed by atoms with Gasteiger partial charge in [-0.2, -0.15) is 0 Å². The van der Waals surface area contributed by atoms with Crippen LogP contribution < -0.4 is 10.6 Å². The SMILES string of the molecule is CC(C)(C)OC(=O)N1CCCC1/C=C/c1ccc(CN(Cc2ccc(N)cc2)c2ccccc2)cc1. The van der Waals surface area contributed by atoms with Gasteiger partial charge in [-0.3, -0.25) is 0 Å². The van der Waals surface area contributed by atoms with Gasteiger partial charge in [0.1, 0.15) is 5.60 Å². The predicted molar refractivity (Wildman–Crippen MR) is 149 cm³/mol. The van der Waals surface area contributed by atoms with E-state index in [0.717, 1.165) is 43.7 Å². The van der Waals surface area contributed by atoms with Crippen molar-refractivity contribution in [1.82, 2.24) is 4.90 Å². The molecule has 1 atom stereocenters. The van der Waals surface area contributed by atoms with Gasteiger partial charge in [0.2, 0.25) is 0 Å². The molecule has 1 heterocycles. The average Bonchev–Trinajstić information content (AvgIpc) is 3.33. The molecule has 1 saturated heterocycles. The van der Waals surface area contributed by atoms with Crippen LogP contribution in [0.2, 0.25) is 0 Å². The number of nitrogen functional groups attached to an aromatic ring is 1. The molecule has 3 aromatic rings. The van der Waals surface area contributed by atoms with Gasteiger partial charge in [0.25, 0.3) is 0 Å². The number of amides is 1. The van der Waals surface area contributed by atoms with Crippen LogP contribution in [0.15, 0.2) is 84.9 Å². The molecule has 4 rings (SSSR count). The number of nitrogens with two attached hydrogens (primary N) is 1. The van der Waals surface area contributed by atoms with Gasteiger partial charge in [0, 0.05) is 31.0 Å². The molecule has 188 valence electrons. The summed E-state index contributed by atoms with van der Waals surface area (Å²) in [7, 11) is 0. The minimum Gasteiger partial charge on any atom is -0.444 e. The van der Waals surface area contributed by atoms with Gasteiger partial charge in [-0.1, -0.05) is 66.7 Å². The topological polar surface area (TPSA) is 58.8 Å². The van der Waals surface area contributed by atoms with E-state index in [2.05, 4.69) is 77.7 Å². The predicted octanol–water partition coefficient (Wildman–Crippen LogP) is 6.89. The van der Waals surface area contributed by atoms with Crippen molar-refractivity contribution in [2.45, 2.75) is 58.3 Å².